The quantitative estimate of drug-likeness (QED) is 0.819. The molecule has 0 aliphatic carbocycles. The first-order chi connectivity index (χ1) is 9.26. The van der Waals surface area contributed by atoms with E-state index in [4.69, 9.17) is 4.74 Å². The third-order valence-electron chi connectivity index (χ3n) is 2.76. The molecule has 1 atom stereocenters. The third-order valence-corrected chi connectivity index (χ3v) is 3.62. The molecule has 102 valence electrons. The van der Waals surface area contributed by atoms with Crippen LogP contribution in [0.2, 0.25) is 0 Å². The number of nitrogens with zero attached hydrogens (tertiary/aromatic N) is 2. The van der Waals surface area contributed by atoms with Crippen LogP contribution in [0.3, 0.4) is 0 Å². The van der Waals surface area contributed by atoms with Gasteiger partial charge in [0.2, 0.25) is 0 Å². The molecule has 2 aromatic heterocycles. The fourth-order valence-corrected chi connectivity index (χ4v) is 2.55. The smallest absolute Gasteiger partial charge is 0.324 e. The normalized spacial score (nSPS) is 12.3. The Morgan fingerprint density at radius 3 is 3.11 bits per heavy atom. The van der Waals surface area contributed by atoms with Crippen LogP contribution in [0.25, 0.3) is 10.7 Å². The van der Waals surface area contributed by atoms with E-state index in [9.17, 15) is 4.79 Å². The zero-order valence-corrected chi connectivity index (χ0v) is 11.8. The number of imidazole rings is 1. The minimum absolute atomic E-state index is 0.240. The highest BCUT2D eigenvalue weighted by Crippen LogP contribution is 2.23. The highest BCUT2D eigenvalue weighted by atomic mass is 32.1. The maximum Gasteiger partial charge on any atom is 0.324 e. The Bertz CT molecular complexity index is 522. The van der Waals surface area contributed by atoms with Crippen LogP contribution in [0, 0.1) is 0 Å². The summed E-state index contributed by atoms with van der Waals surface area (Å²) in [4.78, 5) is 17.2. The molecule has 0 saturated carbocycles. The summed E-state index contributed by atoms with van der Waals surface area (Å²) >= 11 is 1.63. The van der Waals surface area contributed by atoms with E-state index < -0.39 is 0 Å². The lowest BCUT2D eigenvalue weighted by Crippen LogP contribution is -2.39. The van der Waals surface area contributed by atoms with Gasteiger partial charge < -0.3 is 14.6 Å². The largest absolute Gasteiger partial charge is 0.465 e. The molecule has 19 heavy (non-hydrogen) atoms. The van der Waals surface area contributed by atoms with Crippen molar-refractivity contribution in [1.29, 1.82) is 0 Å². The maximum atomic E-state index is 11.8. The number of aromatic nitrogens is 2. The number of thiophene rings is 1. The van der Waals surface area contributed by atoms with Crippen molar-refractivity contribution in [1.82, 2.24) is 14.9 Å². The van der Waals surface area contributed by atoms with Crippen LogP contribution >= 0.6 is 11.3 Å². The maximum absolute atomic E-state index is 11.8. The van der Waals surface area contributed by atoms with Gasteiger partial charge in [-0.25, -0.2) is 4.98 Å². The molecule has 0 bridgehead atoms. The monoisotopic (exact) mass is 279 g/mol. The summed E-state index contributed by atoms with van der Waals surface area (Å²) in [7, 11) is 1.75. The Morgan fingerprint density at radius 1 is 1.63 bits per heavy atom. The highest BCUT2D eigenvalue weighted by Gasteiger charge is 2.19. The summed E-state index contributed by atoms with van der Waals surface area (Å²) in [6.07, 6.45) is 3.62. The Balaban J connectivity index is 2.15. The molecule has 0 amide bonds. The zero-order valence-electron chi connectivity index (χ0n) is 11.0. The molecule has 0 aliphatic heterocycles. The van der Waals surface area contributed by atoms with Crippen LogP contribution in [0.15, 0.2) is 29.9 Å². The summed E-state index contributed by atoms with van der Waals surface area (Å²) in [5.41, 5.74) is 0. The van der Waals surface area contributed by atoms with Gasteiger partial charge in [-0.05, 0) is 25.4 Å². The van der Waals surface area contributed by atoms with E-state index in [-0.39, 0.29) is 12.0 Å². The first kappa shape index (κ1) is 13.8. The summed E-state index contributed by atoms with van der Waals surface area (Å²) in [5, 5.41) is 4.99. The molecular formula is C13H17N3O2S. The van der Waals surface area contributed by atoms with Gasteiger partial charge in [0.25, 0.3) is 0 Å². The predicted molar refractivity (Wildman–Crippen MR) is 75.0 cm³/mol. The van der Waals surface area contributed by atoms with Gasteiger partial charge in [0, 0.05) is 12.4 Å². The lowest BCUT2D eigenvalue weighted by atomic mass is 10.3. The van der Waals surface area contributed by atoms with Gasteiger partial charge in [0.05, 0.1) is 18.0 Å². The molecule has 2 rings (SSSR count). The molecule has 0 saturated heterocycles. The zero-order chi connectivity index (χ0) is 13.7. The van der Waals surface area contributed by atoms with E-state index >= 15 is 0 Å². The lowest BCUT2D eigenvalue weighted by molar-refractivity contribution is -0.145. The summed E-state index contributed by atoms with van der Waals surface area (Å²) in [6.45, 7) is 2.69. The summed E-state index contributed by atoms with van der Waals surface area (Å²) in [5.74, 6) is 0.635. The Hall–Kier alpha value is -1.66. The van der Waals surface area contributed by atoms with E-state index in [1.807, 2.05) is 28.3 Å². The van der Waals surface area contributed by atoms with Crippen molar-refractivity contribution < 1.29 is 9.53 Å². The molecule has 0 radical (unpaired) electrons. The third kappa shape index (κ3) is 3.21. The number of hydrogen-bond acceptors (Lipinski definition) is 5. The van der Waals surface area contributed by atoms with Gasteiger partial charge in [-0.2, -0.15) is 0 Å². The van der Waals surface area contributed by atoms with Crippen molar-refractivity contribution in [2.75, 3.05) is 13.7 Å². The molecule has 5 nitrogen and oxygen atoms in total. The number of likely N-dealkylation sites (N-methyl/N-ethyl adjacent to an activating group) is 1. The van der Waals surface area contributed by atoms with Crippen molar-refractivity contribution in [2.45, 2.75) is 19.5 Å². The van der Waals surface area contributed by atoms with E-state index in [0.29, 0.717) is 13.2 Å². The van der Waals surface area contributed by atoms with Gasteiger partial charge >= 0.3 is 5.97 Å². The minimum atomic E-state index is -0.368. The van der Waals surface area contributed by atoms with E-state index in [1.165, 1.54) is 0 Å². The molecular weight excluding hydrogens is 262 g/mol. The molecule has 1 N–H and O–H groups in total. The van der Waals surface area contributed by atoms with Crippen LogP contribution in [-0.4, -0.2) is 35.2 Å². The summed E-state index contributed by atoms with van der Waals surface area (Å²) < 4.78 is 7.00. The van der Waals surface area contributed by atoms with Gasteiger partial charge in [0.15, 0.2) is 0 Å². The lowest BCUT2D eigenvalue weighted by Gasteiger charge is -2.16. The second-order valence-electron chi connectivity index (χ2n) is 3.97. The molecule has 0 aromatic carbocycles. The second-order valence-corrected chi connectivity index (χ2v) is 4.92. The molecule has 1 unspecified atom stereocenters. The molecule has 2 aromatic rings. The summed E-state index contributed by atoms with van der Waals surface area (Å²) in [6, 6.07) is 3.63. The van der Waals surface area contributed by atoms with E-state index in [2.05, 4.69) is 10.3 Å². The van der Waals surface area contributed by atoms with Gasteiger partial charge in [0.1, 0.15) is 11.9 Å². The van der Waals surface area contributed by atoms with Crippen LogP contribution in [0.5, 0.6) is 0 Å². The Kier molecular flexibility index (Phi) is 4.70. The van der Waals surface area contributed by atoms with Crippen LogP contribution in [0.4, 0.5) is 0 Å². The molecule has 2 heterocycles. The van der Waals surface area contributed by atoms with Gasteiger partial charge in [-0.1, -0.05) is 6.07 Å². The number of rotatable bonds is 6. The number of ether oxygens (including phenoxy) is 1. The van der Waals surface area contributed by atoms with Crippen molar-refractivity contribution in [3.8, 4) is 10.7 Å². The second kappa shape index (κ2) is 6.49. The van der Waals surface area contributed by atoms with E-state index in [0.717, 1.165) is 10.7 Å². The predicted octanol–water partition coefficient (Wildman–Crippen LogP) is 1.76. The average Bonchev–Trinajstić information content (AvgIpc) is 3.06. The number of carbonyl (C=O) groups is 1. The fraction of sp³-hybridized carbons (Fsp3) is 0.385. The van der Waals surface area contributed by atoms with Crippen LogP contribution in [0.1, 0.15) is 6.92 Å². The first-order valence-electron chi connectivity index (χ1n) is 6.15. The Morgan fingerprint density at radius 2 is 2.47 bits per heavy atom. The number of nitrogens with one attached hydrogen (secondary N) is 1. The SMILES string of the molecule is CCOC(=O)C(Cn1ccnc1-c1cccs1)NC. The molecule has 0 aliphatic rings. The van der Waals surface area contributed by atoms with Crippen LogP contribution in [-0.2, 0) is 16.1 Å². The van der Waals surface area contributed by atoms with Crippen molar-refractivity contribution in [2.24, 2.45) is 0 Å². The standard InChI is InChI=1S/C13H17N3O2S/c1-3-18-13(17)10(14-2)9-16-7-6-15-12(16)11-5-4-8-19-11/h4-8,10,14H,3,9H2,1-2H3. The van der Waals surface area contributed by atoms with Crippen LogP contribution < -0.4 is 5.32 Å². The molecule has 6 heteroatoms. The molecule has 0 spiro atoms. The van der Waals surface area contributed by atoms with E-state index in [1.54, 1.807) is 31.5 Å². The van der Waals surface area contributed by atoms with Gasteiger partial charge in [-0.15, -0.1) is 11.3 Å². The number of hydrogen-bond donors (Lipinski definition) is 1. The minimum Gasteiger partial charge on any atom is -0.465 e. The topological polar surface area (TPSA) is 56.2 Å². The van der Waals surface area contributed by atoms with Crippen molar-refractivity contribution in [3.63, 3.8) is 0 Å². The number of carbonyl (C=O) groups excluding carboxylic acids is 1. The average molecular weight is 279 g/mol. The first-order valence-corrected chi connectivity index (χ1v) is 7.03. The highest BCUT2D eigenvalue weighted by molar-refractivity contribution is 7.13. The van der Waals surface area contributed by atoms with Crippen molar-refractivity contribution >= 4 is 17.3 Å². The van der Waals surface area contributed by atoms with Gasteiger partial charge in [-0.3, -0.25) is 4.79 Å². The fourth-order valence-electron chi connectivity index (χ4n) is 1.81. The number of esters is 1. The van der Waals surface area contributed by atoms with Crippen molar-refractivity contribution in [3.05, 3.63) is 29.9 Å². The molecule has 0 fully saturated rings. The Labute approximate surface area is 116 Å².